The van der Waals surface area contributed by atoms with Crippen LogP contribution in [0.5, 0.6) is 0 Å². The van der Waals surface area contributed by atoms with E-state index in [-0.39, 0.29) is 16.1 Å². The fourth-order valence-corrected chi connectivity index (χ4v) is 3.97. The summed E-state index contributed by atoms with van der Waals surface area (Å²) in [6.45, 7) is 0. The number of nitrogens with zero attached hydrogens (tertiary/aromatic N) is 2. The molecule has 2 unspecified atom stereocenters. The number of alkyl halides is 2. The molecule has 0 saturated carbocycles. The van der Waals surface area contributed by atoms with Crippen molar-refractivity contribution in [3.8, 4) is 0 Å². The highest BCUT2D eigenvalue weighted by Crippen LogP contribution is 2.35. The summed E-state index contributed by atoms with van der Waals surface area (Å²) < 4.78 is 0. The van der Waals surface area contributed by atoms with E-state index in [0.717, 1.165) is 0 Å². The minimum Gasteiger partial charge on any atom is -0.296 e. The van der Waals surface area contributed by atoms with Crippen molar-refractivity contribution in [2.75, 3.05) is 0 Å². The van der Waals surface area contributed by atoms with Crippen molar-refractivity contribution in [1.29, 1.82) is 0 Å². The monoisotopic (exact) mass is 504 g/mol. The Morgan fingerprint density at radius 3 is 1.50 bits per heavy atom. The number of carbonyl (C=O) groups excluding carboxylic acids is 1. The van der Waals surface area contributed by atoms with Crippen LogP contribution < -0.4 is 0 Å². The molecule has 0 bridgehead atoms. The van der Waals surface area contributed by atoms with E-state index in [1.165, 1.54) is 12.1 Å². The van der Waals surface area contributed by atoms with Crippen LogP contribution in [0, 0.1) is 0 Å². The first-order chi connectivity index (χ1) is 10.3. The van der Waals surface area contributed by atoms with E-state index in [1.807, 2.05) is 0 Å². The van der Waals surface area contributed by atoms with E-state index >= 15 is 0 Å². The molecule has 0 fully saturated rings. The van der Waals surface area contributed by atoms with Gasteiger partial charge in [-0.1, -0.05) is 78.3 Å². The molecule has 0 spiro atoms. The summed E-state index contributed by atoms with van der Waals surface area (Å²) >= 11 is 30.1. The van der Waals surface area contributed by atoms with Gasteiger partial charge in [-0.05, 0) is 24.3 Å². The minimum atomic E-state index is -0.715. The molecular formula is C13H6Br2Cl4N2O. The first-order valence-electron chi connectivity index (χ1n) is 5.76. The molecule has 2 atom stereocenters. The molecule has 0 amide bonds. The average molecular weight is 508 g/mol. The number of aromatic nitrogens is 2. The predicted molar refractivity (Wildman–Crippen MR) is 96.9 cm³/mol. The van der Waals surface area contributed by atoms with Gasteiger partial charge in [0.05, 0.1) is 11.4 Å². The van der Waals surface area contributed by atoms with Gasteiger partial charge in [0.2, 0.25) is 0 Å². The van der Waals surface area contributed by atoms with Crippen molar-refractivity contribution in [2.24, 2.45) is 0 Å². The average Bonchev–Trinajstić information content (AvgIpc) is 2.42. The van der Waals surface area contributed by atoms with Crippen molar-refractivity contribution < 1.29 is 4.79 Å². The maximum absolute atomic E-state index is 12.5. The molecule has 0 aliphatic carbocycles. The summed E-state index contributed by atoms with van der Waals surface area (Å²) in [5.41, 5.74) is 0.806. The maximum atomic E-state index is 12.5. The van der Waals surface area contributed by atoms with E-state index in [1.54, 1.807) is 12.1 Å². The molecule has 2 rings (SSSR count). The van der Waals surface area contributed by atoms with Crippen LogP contribution >= 0.6 is 78.3 Å². The lowest BCUT2D eigenvalue weighted by molar-refractivity contribution is -0.118. The fraction of sp³-hybridized carbons (Fsp3) is 0.154. The van der Waals surface area contributed by atoms with E-state index in [0.29, 0.717) is 21.4 Å². The molecule has 0 radical (unpaired) electrons. The predicted octanol–water partition coefficient (Wildman–Crippen LogP) is 6.23. The molecule has 116 valence electrons. The summed E-state index contributed by atoms with van der Waals surface area (Å²) in [6, 6.07) is 6.09. The molecule has 2 aromatic heterocycles. The number of carbonyl (C=O) groups is 1. The Labute approximate surface area is 163 Å². The molecule has 0 aliphatic heterocycles. The third-order valence-electron chi connectivity index (χ3n) is 2.58. The molecule has 9 heteroatoms. The number of pyridine rings is 2. The van der Waals surface area contributed by atoms with Crippen LogP contribution in [0.3, 0.4) is 0 Å². The number of Topliss-reactive ketones (excluding diaryl/α,β-unsaturated/α-hetero) is 1. The minimum absolute atomic E-state index is 0.204. The molecule has 0 N–H and O–H groups in total. The number of hydrogen-bond acceptors (Lipinski definition) is 3. The zero-order chi connectivity index (χ0) is 16.4. The Balaban J connectivity index is 2.29. The Kier molecular flexibility index (Phi) is 6.51. The van der Waals surface area contributed by atoms with Crippen molar-refractivity contribution in [2.45, 2.75) is 9.65 Å². The van der Waals surface area contributed by atoms with Gasteiger partial charge in [0.25, 0.3) is 0 Å². The van der Waals surface area contributed by atoms with Gasteiger partial charge in [0, 0.05) is 10.0 Å². The molecular weight excluding hydrogens is 502 g/mol. The summed E-state index contributed by atoms with van der Waals surface area (Å²) in [5.74, 6) is -0.239. The van der Waals surface area contributed by atoms with Crippen LogP contribution in [0.15, 0.2) is 24.3 Å². The molecule has 0 aliphatic rings. The first-order valence-corrected chi connectivity index (χ1v) is 9.10. The molecule has 2 heterocycles. The van der Waals surface area contributed by atoms with Crippen LogP contribution in [0.1, 0.15) is 21.0 Å². The van der Waals surface area contributed by atoms with Gasteiger partial charge >= 0.3 is 0 Å². The highest BCUT2D eigenvalue weighted by atomic mass is 79.9. The molecule has 22 heavy (non-hydrogen) atoms. The topological polar surface area (TPSA) is 42.9 Å². The second-order valence-electron chi connectivity index (χ2n) is 4.19. The van der Waals surface area contributed by atoms with E-state index in [4.69, 9.17) is 46.4 Å². The largest absolute Gasteiger partial charge is 0.296 e. The van der Waals surface area contributed by atoms with Crippen LogP contribution in [0.25, 0.3) is 0 Å². The van der Waals surface area contributed by atoms with Gasteiger partial charge in [-0.15, -0.1) is 0 Å². The van der Waals surface area contributed by atoms with Crippen molar-refractivity contribution >= 4 is 84.0 Å². The molecule has 0 saturated heterocycles. The smallest absolute Gasteiger partial charge is 0.172 e. The molecule has 0 aromatic carbocycles. The Hall–Kier alpha value is 0.0900. The standard InChI is InChI=1S/C13H6Br2Cl4N2O/c14-11(7-1-5(16)3-9(18)20-7)13(22)12(15)8-2-6(17)4-10(19)21-8/h1-4,11-12H. The van der Waals surface area contributed by atoms with Gasteiger partial charge in [-0.2, -0.15) is 0 Å². The second-order valence-corrected chi connectivity index (χ2v) is 7.67. The highest BCUT2D eigenvalue weighted by Gasteiger charge is 2.28. The van der Waals surface area contributed by atoms with Crippen molar-refractivity contribution in [1.82, 2.24) is 9.97 Å². The second kappa shape index (κ2) is 7.77. The molecule has 2 aromatic rings. The summed E-state index contributed by atoms with van der Waals surface area (Å²) in [5, 5.41) is 1.19. The van der Waals surface area contributed by atoms with E-state index in [9.17, 15) is 4.79 Å². The first kappa shape index (κ1) is 18.4. The molecule has 3 nitrogen and oxygen atoms in total. The SMILES string of the molecule is O=C(C(Br)c1cc(Cl)cc(Cl)n1)C(Br)c1cc(Cl)cc(Cl)n1. The zero-order valence-electron chi connectivity index (χ0n) is 10.5. The lowest BCUT2D eigenvalue weighted by atomic mass is 10.1. The third-order valence-corrected chi connectivity index (χ3v) is 5.24. The number of halogens is 6. The Morgan fingerprint density at radius 2 is 1.18 bits per heavy atom. The summed E-state index contributed by atoms with van der Waals surface area (Å²) in [7, 11) is 0. The maximum Gasteiger partial charge on any atom is 0.172 e. The van der Waals surface area contributed by atoms with Gasteiger partial charge in [0.15, 0.2) is 5.78 Å². The van der Waals surface area contributed by atoms with Crippen LogP contribution in [-0.2, 0) is 4.79 Å². The van der Waals surface area contributed by atoms with Crippen molar-refractivity contribution in [3.05, 3.63) is 56.0 Å². The van der Waals surface area contributed by atoms with Crippen LogP contribution in [0.4, 0.5) is 0 Å². The highest BCUT2D eigenvalue weighted by molar-refractivity contribution is 9.10. The van der Waals surface area contributed by atoms with E-state index in [2.05, 4.69) is 41.8 Å². The van der Waals surface area contributed by atoms with Crippen LogP contribution in [-0.4, -0.2) is 15.8 Å². The zero-order valence-corrected chi connectivity index (χ0v) is 16.7. The quantitative estimate of drug-likeness (QED) is 0.364. The Morgan fingerprint density at radius 1 is 0.818 bits per heavy atom. The summed E-state index contributed by atoms with van der Waals surface area (Å²) in [4.78, 5) is 19.3. The van der Waals surface area contributed by atoms with Crippen LogP contribution in [0.2, 0.25) is 20.4 Å². The summed E-state index contributed by atoms with van der Waals surface area (Å²) in [6.07, 6.45) is 0. The lowest BCUT2D eigenvalue weighted by Crippen LogP contribution is -2.15. The Bertz CT molecular complexity index is 629. The normalized spacial score (nSPS) is 13.7. The number of ketones is 1. The number of hydrogen-bond donors (Lipinski definition) is 0. The fourth-order valence-electron chi connectivity index (χ4n) is 1.65. The third kappa shape index (κ3) is 4.56. The lowest BCUT2D eigenvalue weighted by Gasteiger charge is -2.14. The van der Waals surface area contributed by atoms with Gasteiger partial charge in [-0.25, -0.2) is 9.97 Å². The van der Waals surface area contributed by atoms with Gasteiger partial charge in [0.1, 0.15) is 20.0 Å². The van der Waals surface area contributed by atoms with Gasteiger partial charge < -0.3 is 0 Å². The number of rotatable bonds is 4. The van der Waals surface area contributed by atoms with E-state index < -0.39 is 9.65 Å². The van der Waals surface area contributed by atoms with Crippen molar-refractivity contribution in [3.63, 3.8) is 0 Å². The van der Waals surface area contributed by atoms with Gasteiger partial charge in [-0.3, -0.25) is 4.79 Å².